The Kier molecular flexibility index (Phi) is 14.3. The molecule has 13 atom stereocenters. The van der Waals surface area contributed by atoms with Crippen LogP contribution in [0.3, 0.4) is 0 Å². The van der Waals surface area contributed by atoms with Crippen molar-refractivity contribution in [3.8, 4) is 0 Å². The first-order valence-electron chi connectivity index (χ1n) is 21.3. The minimum atomic E-state index is -1.40. The molecule has 8 N–H and O–H groups in total. The Morgan fingerprint density at radius 1 is 0.894 bits per heavy atom. The SMILES string of the molecule is C[C@@H](O)[C@@H](C(=O)N1C[C@@H](SC2=C(OC=O)N3C(=O)[C@H]([C@@H](C)O)[C@H]3[C@H]2C)C[C@H]1C(=O)Nc1cccc(C(=O)O)c1)[C@@H]1N=C(C(=O)O)C(S[C@@H]2CN[C@H](C(=O)Nc3cccc(C(=O)O)c3)C2)[C@@H]1C. The Morgan fingerprint density at radius 2 is 1.52 bits per heavy atom. The molecule has 3 saturated heterocycles. The van der Waals surface area contributed by atoms with Gasteiger partial charge in [0.15, 0.2) is 0 Å². The van der Waals surface area contributed by atoms with Crippen LogP contribution in [0.4, 0.5) is 11.4 Å². The van der Waals surface area contributed by atoms with Crippen LogP contribution in [0.25, 0.3) is 0 Å². The van der Waals surface area contributed by atoms with Crippen molar-refractivity contribution in [3.05, 3.63) is 70.4 Å². The zero-order valence-corrected chi connectivity index (χ0v) is 37.7. The first kappa shape index (κ1) is 48.1. The third kappa shape index (κ3) is 9.41. The van der Waals surface area contributed by atoms with Gasteiger partial charge in [0.1, 0.15) is 11.8 Å². The normalized spacial score (nSPS) is 29.3. The molecule has 0 saturated carbocycles. The molecule has 20 nitrogen and oxygen atoms in total. The molecular weight excluding hydrogens is 901 g/mol. The average Bonchev–Trinajstić information content (AvgIpc) is 4.03. The summed E-state index contributed by atoms with van der Waals surface area (Å²) in [6.45, 7) is 6.84. The molecule has 0 radical (unpaired) electrons. The van der Waals surface area contributed by atoms with E-state index in [9.17, 15) is 63.9 Å². The molecule has 0 aromatic heterocycles. The van der Waals surface area contributed by atoms with E-state index in [1.807, 2.05) is 6.92 Å². The van der Waals surface area contributed by atoms with Crippen molar-refractivity contribution in [2.75, 3.05) is 23.7 Å². The maximum absolute atomic E-state index is 15.0. The van der Waals surface area contributed by atoms with Gasteiger partial charge in [-0.2, -0.15) is 0 Å². The lowest BCUT2D eigenvalue weighted by Crippen LogP contribution is -2.63. The fraction of sp³-hybridized carbons (Fsp3) is 0.477. The topological polar surface area (TPSA) is 302 Å². The highest BCUT2D eigenvalue weighted by molar-refractivity contribution is 8.03. The molecule has 7 rings (SSSR count). The zero-order valence-electron chi connectivity index (χ0n) is 36.1. The number of thioether (sulfide) groups is 2. The number of aliphatic hydroxyl groups is 2. The Balaban J connectivity index is 1.12. The van der Waals surface area contributed by atoms with E-state index < -0.39 is 112 Å². The van der Waals surface area contributed by atoms with Crippen LogP contribution in [-0.4, -0.2) is 154 Å². The van der Waals surface area contributed by atoms with Crippen molar-refractivity contribution < 1.29 is 68.6 Å². The first-order chi connectivity index (χ1) is 31.3. The quantitative estimate of drug-likeness (QED) is 0.0830. The van der Waals surface area contributed by atoms with Gasteiger partial charge in [-0.1, -0.05) is 26.0 Å². The van der Waals surface area contributed by atoms with Crippen LogP contribution in [0.2, 0.25) is 0 Å². The molecule has 4 amide bonds. The summed E-state index contributed by atoms with van der Waals surface area (Å²) in [7, 11) is 0. The van der Waals surface area contributed by atoms with Crippen molar-refractivity contribution >= 4 is 88.6 Å². The number of nitrogens with zero attached hydrogens (tertiary/aromatic N) is 3. The number of aliphatic carboxylic acids is 1. The fourth-order valence-corrected chi connectivity index (χ4v) is 12.7. The van der Waals surface area contributed by atoms with Crippen molar-refractivity contribution in [1.29, 1.82) is 0 Å². The van der Waals surface area contributed by atoms with E-state index in [0.717, 1.165) is 0 Å². The minimum Gasteiger partial charge on any atom is -0.478 e. The Morgan fingerprint density at radius 3 is 2.08 bits per heavy atom. The van der Waals surface area contributed by atoms with E-state index in [-0.39, 0.29) is 59.5 Å². The molecule has 66 heavy (non-hydrogen) atoms. The lowest BCUT2D eigenvalue weighted by Gasteiger charge is -2.45. The molecule has 0 spiro atoms. The number of carbonyl (C=O) groups is 8. The number of benzene rings is 2. The number of aliphatic imine (C=N–C) groups is 1. The predicted molar refractivity (Wildman–Crippen MR) is 239 cm³/mol. The first-order valence-corrected chi connectivity index (χ1v) is 23.1. The highest BCUT2D eigenvalue weighted by Gasteiger charge is 2.60. The molecule has 0 aliphatic carbocycles. The largest absolute Gasteiger partial charge is 0.478 e. The van der Waals surface area contributed by atoms with E-state index in [1.165, 1.54) is 89.6 Å². The Bertz CT molecular complexity index is 2390. The van der Waals surface area contributed by atoms with Crippen LogP contribution >= 0.6 is 23.5 Å². The second-order valence-electron chi connectivity index (χ2n) is 17.2. The highest BCUT2D eigenvalue weighted by Crippen LogP contribution is 2.52. The third-order valence-electron chi connectivity index (χ3n) is 12.8. The number of anilines is 2. The number of aromatic carboxylic acids is 2. The van der Waals surface area contributed by atoms with Crippen molar-refractivity contribution in [1.82, 2.24) is 15.1 Å². The highest BCUT2D eigenvalue weighted by atomic mass is 32.2. The Hall–Kier alpha value is -5.81. The second-order valence-corrected chi connectivity index (χ2v) is 20.0. The maximum Gasteiger partial charge on any atom is 0.350 e. The van der Waals surface area contributed by atoms with Gasteiger partial charge in [-0.05, 0) is 69.0 Å². The molecule has 5 heterocycles. The van der Waals surface area contributed by atoms with Crippen LogP contribution in [-0.2, 0) is 33.5 Å². The number of aliphatic hydroxyl groups excluding tert-OH is 2. The fourth-order valence-electron chi connectivity index (χ4n) is 9.65. The standard InChI is InChI=1S/C44H50N6O14S2/c1-18-32(48-33(44(62)63)35(18)65-26-13-28(45-15-26)37(54)46-24-9-5-7-22(11-24)42(58)59)30(20(3)52)39(56)49-16-27(14-29(49)38(55)47-25-10-6-8-23(12-25)43(60)61)66-36-19(2)34-31(21(4)53)40(57)50(34)41(36)64-17-51/h5-12,17-21,26-32,34-35,45,52-53H,13-16H2,1-4H3,(H,46,54)(H,47,55)(H,58,59)(H,60,61)(H,62,63)/t18-,19-,20-,21-,26+,27+,28+,29+,30-,31-,32-,34-,35?/m1/s1. The summed E-state index contributed by atoms with van der Waals surface area (Å²) in [5.41, 5.74) is 0.112. The van der Waals surface area contributed by atoms with Crippen molar-refractivity contribution in [3.63, 3.8) is 0 Å². The smallest absolute Gasteiger partial charge is 0.350 e. The number of nitrogens with one attached hydrogen (secondary N) is 3. The van der Waals surface area contributed by atoms with Gasteiger partial charge < -0.3 is 51.1 Å². The molecule has 352 valence electrons. The number of rotatable bonds is 17. The third-order valence-corrected chi connectivity index (χ3v) is 16.0. The Labute approximate surface area is 386 Å². The summed E-state index contributed by atoms with van der Waals surface area (Å²) < 4.78 is 5.33. The summed E-state index contributed by atoms with van der Waals surface area (Å²) in [5, 5.41) is 58.0. The summed E-state index contributed by atoms with van der Waals surface area (Å²) in [6.07, 6.45) is -2.07. The molecule has 2 aromatic rings. The average molecular weight is 951 g/mol. The van der Waals surface area contributed by atoms with Crippen LogP contribution in [0, 0.1) is 23.7 Å². The molecular formula is C44H50N6O14S2. The van der Waals surface area contributed by atoms with E-state index in [0.29, 0.717) is 17.1 Å². The lowest BCUT2D eigenvalue weighted by atomic mass is 9.79. The van der Waals surface area contributed by atoms with E-state index in [2.05, 4.69) is 20.9 Å². The number of hydrogen-bond acceptors (Lipinski definition) is 15. The summed E-state index contributed by atoms with van der Waals surface area (Å²) in [5.74, 6) is -9.05. The monoisotopic (exact) mass is 950 g/mol. The van der Waals surface area contributed by atoms with Gasteiger partial charge in [0, 0.05) is 40.9 Å². The predicted octanol–water partition coefficient (Wildman–Crippen LogP) is 1.94. The molecule has 0 bridgehead atoms. The van der Waals surface area contributed by atoms with Crippen LogP contribution in [0.15, 0.2) is 64.3 Å². The molecule has 22 heteroatoms. The van der Waals surface area contributed by atoms with Gasteiger partial charge in [0.25, 0.3) is 6.47 Å². The molecule has 3 fully saturated rings. The summed E-state index contributed by atoms with van der Waals surface area (Å²) in [6, 6.07) is 7.86. The molecule has 5 aliphatic heterocycles. The molecule has 1 unspecified atom stereocenters. The lowest BCUT2D eigenvalue weighted by molar-refractivity contribution is -0.164. The zero-order chi connectivity index (χ0) is 47.9. The van der Waals surface area contributed by atoms with E-state index >= 15 is 0 Å². The van der Waals surface area contributed by atoms with Crippen molar-refractivity contribution in [2.24, 2.45) is 28.7 Å². The molecule has 5 aliphatic rings. The van der Waals surface area contributed by atoms with E-state index in [1.54, 1.807) is 13.0 Å². The van der Waals surface area contributed by atoms with Gasteiger partial charge in [0.2, 0.25) is 29.5 Å². The van der Waals surface area contributed by atoms with Crippen molar-refractivity contribution in [2.45, 2.75) is 92.7 Å². The number of carboxylic acids is 3. The number of likely N-dealkylation sites (tertiary alicyclic amines) is 1. The number of carboxylic acid groups (broad SMARTS) is 3. The van der Waals surface area contributed by atoms with Crippen LogP contribution in [0.1, 0.15) is 61.3 Å². The number of carbonyl (C=O) groups excluding carboxylic acids is 5. The number of β-lactam (4-membered cyclic amide) rings is 1. The summed E-state index contributed by atoms with van der Waals surface area (Å²) in [4.78, 5) is 111. The maximum atomic E-state index is 15.0. The number of ether oxygens (including phenoxy) is 1. The number of amides is 4. The van der Waals surface area contributed by atoms with Gasteiger partial charge in [-0.25, -0.2) is 14.4 Å². The molecule has 2 aromatic carbocycles. The van der Waals surface area contributed by atoms with Gasteiger partial charge in [0.05, 0.1) is 63.5 Å². The van der Waals surface area contributed by atoms with Gasteiger partial charge in [-0.15, -0.1) is 23.5 Å². The second kappa shape index (κ2) is 19.6. The minimum absolute atomic E-state index is 0.00122. The number of fused-ring (bicyclic) bond motifs is 1. The van der Waals surface area contributed by atoms with Gasteiger partial charge in [-0.3, -0.25) is 33.9 Å². The van der Waals surface area contributed by atoms with Crippen LogP contribution in [0.5, 0.6) is 0 Å². The summed E-state index contributed by atoms with van der Waals surface area (Å²) >= 11 is 2.48. The number of hydrogen-bond donors (Lipinski definition) is 8. The van der Waals surface area contributed by atoms with Gasteiger partial charge >= 0.3 is 17.9 Å². The van der Waals surface area contributed by atoms with Crippen LogP contribution < -0.4 is 16.0 Å². The van der Waals surface area contributed by atoms with E-state index in [4.69, 9.17) is 4.74 Å².